The second-order valence-electron chi connectivity index (χ2n) is 5.35. The van der Waals surface area contributed by atoms with Gasteiger partial charge in [-0.15, -0.1) is 0 Å². The van der Waals surface area contributed by atoms with Gasteiger partial charge in [0.1, 0.15) is 6.29 Å². The molecule has 0 aromatic heterocycles. The predicted octanol–water partition coefficient (Wildman–Crippen LogP) is 2.17. The van der Waals surface area contributed by atoms with E-state index >= 15 is 0 Å². The quantitative estimate of drug-likeness (QED) is 0.371. The predicted molar refractivity (Wildman–Crippen MR) is 76.4 cm³/mol. The summed E-state index contributed by atoms with van der Waals surface area (Å²) in [5.41, 5.74) is -0.271. The second kappa shape index (κ2) is 7.13. The van der Waals surface area contributed by atoms with Crippen molar-refractivity contribution in [2.24, 2.45) is 5.92 Å². The van der Waals surface area contributed by atoms with E-state index < -0.39 is 8.80 Å². The summed E-state index contributed by atoms with van der Waals surface area (Å²) in [4.78, 5) is 11.7. The zero-order chi connectivity index (χ0) is 14.6. The maximum absolute atomic E-state index is 11.7. The van der Waals surface area contributed by atoms with Crippen LogP contribution in [0.2, 0.25) is 5.54 Å². The van der Waals surface area contributed by atoms with Gasteiger partial charge in [0.15, 0.2) is 0 Å². The third-order valence-electron chi connectivity index (χ3n) is 4.14. The molecule has 4 atom stereocenters. The summed E-state index contributed by atoms with van der Waals surface area (Å²) in [7, 11) is -2.95. The van der Waals surface area contributed by atoms with Crippen LogP contribution >= 0.6 is 0 Å². The van der Waals surface area contributed by atoms with Gasteiger partial charge >= 0.3 is 8.80 Å². The molecular weight excluding hydrogens is 276 g/mol. The van der Waals surface area contributed by atoms with Gasteiger partial charge in [-0.05, 0) is 46.0 Å². The van der Waals surface area contributed by atoms with Crippen LogP contribution in [0.5, 0.6) is 0 Å². The number of rotatable bonds is 9. The van der Waals surface area contributed by atoms with Gasteiger partial charge < -0.3 is 22.8 Å². The van der Waals surface area contributed by atoms with Crippen molar-refractivity contribution < 1.29 is 22.8 Å². The normalized spacial score (nSPS) is 30.6. The van der Waals surface area contributed by atoms with E-state index in [1.807, 2.05) is 20.8 Å². The summed E-state index contributed by atoms with van der Waals surface area (Å²) in [5, 5.41) is 0. The molecule has 20 heavy (non-hydrogen) atoms. The molecule has 0 radical (unpaired) electrons. The first kappa shape index (κ1) is 16.1. The van der Waals surface area contributed by atoms with E-state index in [2.05, 4.69) is 0 Å². The van der Waals surface area contributed by atoms with Gasteiger partial charge in [-0.3, -0.25) is 0 Å². The molecule has 2 rings (SSSR count). The Morgan fingerprint density at radius 3 is 2.15 bits per heavy atom. The molecule has 0 aromatic rings. The van der Waals surface area contributed by atoms with Crippen molar-refractivity contribution in [1.29, 1.82) is 0 Å². The number of ether oxygens (including phenoxy) is 1. The molecule has 1 aliphatic carbocycles. The van der Waals surface area contributed by atoms with Crippen LogP contribution in [0.3, 0.4) is 0 Å². The molecule has 0 bridgehead atoms. The molecule has 2 aliphatic rings. The molecule has 0 amide bonds. The highest BCUT2D eigenvalue weighted by atomic mass is 28.4. The highest BCUT2D eigenvalue weighted by molar-refractivity contribution is 6.65. The number of epoxide rings is 1. The van der Waals surface area contributed by atoms with Crippen molar-refractivity contribution >= 4 is 15.1 Å². The molecule has 6 heteroatoms. The fourth-order valence-corrected chi connectivity index (χ4v) is 6.34. The van der Waals surface area contributed by atoms with Gasteiger partial charge in [0.05, 0.1) is 17.7 Å². The lowest BCUT2D eigenvalue weighted by atomic mass is 9.87. The second-order valence-corrected chi connectivity index (χ2v) is 8.09. The average Bonchev–Trinajstić information content (AvgIpc) is 3.19. The smallest absolute Gasteiger partial charge is 0.373 e. The van der Waals surface area contributed by atoms with Crippen LogP contribution in [0.4, 0.5) is 0 Å². The first-order valence-corrected chi connectivity index (χ1v) is 9.53. The van der Waals surface area contributed by atoms with Crippen LogP contribution in [0.1, 0.15) is 40.0 Å². The third kappa shape index (κ3) is 3.31. The van der Waals surface area contributed by atoms with E-state index in [-0.39, 0.29) is 11.5 Å². The van der Waals surface area contributed by atoms with Crippen molar-refractivity contribution in [3.8, 4) is 0 Å². The molecule has 1 saturated carbocycles. The summed E-state index contributed by atoms with van der Waals surface area (Å²) in [6, 6.07) is 0. The molecule has 2 fully saturated rings. The highest BCUT2D eigenvalue weighted by Gasteiger charge is 2.56. The number of carbonyl (C=O) groups is 1. The zero-order valence-electron chi connectivity index (χ0n) is 12.7. The lowest BCUT2D eigenvalue weighted by molar-refractivity contribution is -0.110. The number of hydrogen-bond acceptors (Lipinski definition) is 5. The summed E-state index contributed by atoms with van der Waals surface area (Å²) >= 11 is 0. The highest BCUT2D eigenvalue weighted by Crippen LogP contribution is 2.46. The Hall–Kier alpha value is -0.273. The zero-order valence-corrected chi connectivity index (χ0v) is 13.7. The summed E-state index contributed by atoms with van der Waals surface area (Å²) < 4.78 is 23.2. The number of fused-ring (bicyclic) bond motifs is 1. The van der Waals surface area contributed by atoms with Gasteiger partial charge in [-0.25, -0.2) is 0 Å². The van der Waals surface area contributed by atoms with Crippen LogP contribution in [0.15, 0.2) is 0 Å². The van der Waals surface area contributed by atoms with E-state index in [4.69, 9.17) is 18.0 Å². The maximum atomic E-state index is 11.7. The summed E-state index contributed by atoms with van der Waals surface area (Å²) in [5.74, 6) is 0.257. The van der Waals surface area contributed by atoms with Crippen molar-refractivity contribution in [3.63, 3.8) is 0 Å². The third-order valence-corrected chi connectivity index (χ3v) is 7.64. The maximum Gasteiger partial charge on any atom is 0.511 e. The first-order valence-electron chi connectivity index (χ1n) is 7.73. The largest absolute Gasteiger partial charge is 0.511 e. The lowest BCUT2D eigenvalue weighted by Gasteiger charge is -2.37. The Morgan fingerprint density at radius 1 is 1.10 bits per heavy atom. The minimum Gasteiger partial charge on any atom is -0.373 e. The number of carbonyl (C=O) groups excluding carboxylic acids is 1. The average molecular weight is 302 g/mol. The number of aldehydes is 1. The van der Waals surface area contributed by atoms with Gasteiger partial charge in [0, 0.05) is 19.8 Å². The minimum absolute atomic E-state index is 0.257. The summed E-state index contributed by atoms with van der Waals surface area (Å²) in [6.45, 7) is 7.27. The molecule has 0 spiro atoms. The van der Waals surface area contributed by atoms with Gasteiger partial charge in [-0.2, -0.15) is 0 Å². The molecule has 1 heterocycles. The Balaban J connectivity index is 2.14. The SMILES string of the molecule is CCO[Si](OCC)(OCC)C(C=O)C1CCC2OC2C1. The van der Waals surface area contributed by atoms with Crippen LogP contribution in [0.25, 0.3) is 0 Å². The molecular formula is C14H26O5Si. The van der Waals surface area contributed by atoms with Gasteiger partial charge in [0.25, 0.3) is 0 Å². The van der Waals surface area contributed by atoms with Crippen LogP contribution in [-0.2, 0) is 22.8 Å². The standard InChI is InChI=1S/C14H26O5Si/c1-4-16-20(17-5-2,18-6-3)14(10-15)11-7-8-12-13(9-11)19-12/h10-14H,4-9H2,1-3H3. The Kier molecular flexibility index (Phi) is 5.74. The lowest BCUT2D eigenvalue weighted by Crippen LogP contribution is -2.53. The van der Waals surface area contributed by atoms with Crippen LogP contribution in [-0.4, -0.2) is 47.1 Å². The van der Waals surface area contributed by atoms with E-state index in [1.54, 1.807) is 0 Å². The molecule has 1 saturated heterocycles. The molecule has 5 nitrogen and oxygen atoms in total. The monoisotopic (exact) mass is 302 g/mol. The fraction of sp³-hybridized carbons (Fsp3) is 0.929. The van der Waals surface area contributed by atoms with E-state index in [1.165, 1.54) is 0 Å². The molecule has 0 N–H and O–H groups in total. The summed E-state index contributed by atoms with van der Waals surface area (Å²) in [6.07, 6.45) is 4.73. The molecule has 4 unspecified atom stereocenters. The molecule has 0 aromatic carbocycles. The van der Waals surface area contributed by atoms with Crippen molar-refractivity contribution in [2.45, 2.75) is 57.8 Å². The van der Waals surface area contributed by atoms with Crippen molar-refractivity contribution in [1.82, 2.24) is 0 Å². The van der Waals surface area contributed by atoms with E-state index in [0.717, 1.165) is 25.5 Å². The Labute approximate surface area is 122 Å². The van der Waals surface area contributed by atoms with Crippen LogP contribution in [0, 0.1) is 5.92 Å². The van der Waals surface area contributed by atoms with Crippen molar-refractivity contribution in [3.05, 3.63) is 0 Å². The molecule has 1 aliphatic heterocycles. The minimum atomic E-state index is -2.95. The van der Waals surface area contributed by atoms with E-state index in [9.17, 15) is 4.79 Å². The van der Waals surface area contributed by atoms with Crippen LogP contribution < -0.4 is 0 Å². The Bertz CT molecular complexity index is 308. The first-order chi connectivity index (χ1) is 9.70. The van der Waals surface area contributed by atoms with Crippen molar-refractivity contribution in [2.75, 3.05) is 19.8 Å². The fourth-order valence-electron chi connectivity index (χ4n) is 3.26. The number of hydrogen-bond donors (Lipinski definition) is 0. The molecule has 116 valence electrons. The Morgan fingerprint density at radius 2 is 1.70 bits per heavy atom. The topological polar surface area (TPSA) is 57.3 Å². The van der Waals surface area contributed by atoms with Gasteiger partial charge in [-0.1, -0.05) is 0 Å². The van der Waals surface area contributed by atoms with Gasteiger partial charge in [0.2, 0.25) is 0 Å². The van der Waals surface area contributed by atoms with E-state index in [0.29, 0.717) is 32.0 Å².